The largest absolute Gasteiger partial charge is 0.299 e. The van der Waals surface area contributed by atoms with E-state index in [1.54, 1.807) is 22.5 Å². The van der Waals surface area contributed by atoms with Crippen LogP contribution in [0.1, 0.15) is 38.5 Å². The first-order chi connectivity index (χ1) is 11.1. The van der Waals surface area contributed by atoms with Crippen molar-refractivity contribution in [2.24, 2.45) is 0 Å². The second-order valence-electron chi connectivity index (χ2n) is 6.54. The fourth-order valence-corrected chi connectivity index (χ4v) is 6.17. The smallest absolute Gasteiger partial charge is 0.244 e. The van der Waals surface area contributed by atoms with Crippen molar-refractivity contribution < 1.29 is 8.42 Å². The minimum Gasteiger partial charge on any atom is -0.299 e. The van der Waals surface area contributed by atoms with Gasteiger partial charge in [-0.15, -0.1) is 0 Å². The Hall–Kier alpha value is -0.430. The van der Waals surface area contributed by atoms with Gasteiger partial charge in [0.15, 0.2) is 0 Å². The van der Waals surface area contributed by atoms with E-state index in [1.807, 2.05) is 6.07 Å². The van der Waals surface area contributed by atoms with E-state index >= 15 is 0 Å². The Labute approximate surface area is 148 Å². The summed E-state index contributed by atoms with van der Waals surface area (Å²) in [6.45, 7) is 3.50. The van der Waals surface area contributed by atoms with Gasteiger partial charge in [0.25, 0.3) is 0 Å². The highest BCUT2D eigenvalue weighted by Crippen LogP contribution is 2.28. The van der Waals surface area contributed by atoms with Gasteiger partial charge in [0, 0.05) is 23.6 Å². The van der Waals surface area contributed by atoms with Crippen LogP contribution >= 0.6 is 15.9 Å². The summed E-state index contributed by atoms with van der Waals surface area (Å²) in [6, 6.07) is 7.49. The van der Waals surface area contributed by atoms with E-state index in [2.05, 4.69) is 20.8 Å². The topological polar surface area (TPSA) is 40.6 Å². The molecule has 0 bridgehead atoms. The van der Waals surface area contributed by atoms with E-state index < -0.39 is 10.0 Å². The highest BCUT2D eigenvalue weighted by molar-refractivity contribution is 9.10. The standard InChI is InChI=1S/C17H25BrN2O2S/c18-16-9-3-4-10-17(16)23(21,22)20-13-7-8-15(14-20)19-11-5-1-2-6-12-19/h3-4,9-10,15H,1-2,5-8,11-14H2. The molecule has 3 rings (SSSR count). The van der Waals surface area contributed by atoms with Crippen molar-refractivity contribution in [3.8, 4) is 0 Å². The Morgan fingerprint density at radius 2 is 1.65 bits per heavy atom. The van der Waals surface area contributed by atoms with E-state index in [-0.39, 0.29) is 0 Å². The number of sulfonamides is 1. The molecule has 1 atom stereocenters. The molecule has 2 aliphatic rings. The van der Waals surface area contributed by atoms with Crippen LogP contribution in [0.25, 0.3) is 0 Å². The summed E-state index contributed by atoms with van der Waals surface area (Å²) in [7, 11) is -3.41. The molecule has 2 fully saturated rings. The van der Waals surface area contributed by atoms with E-state index in [9.17, 15) is 8.42 Å². The maximum absolute atomic E-state index is 13.0. The van der Waals surface area contributed by atoms with E-state index in [1.165, 1.54) is 25.7 Å². The first-order valence-electron chi connectivity index (χ1n) is 8.58. The van der Waals surface area contributed by atoms with Crippen LogP contribution < -0.4 is 0 Å². The molecule has 23 heavy (non-hydrogen) atoms. The monoisotopic (exact) mass is 400 g/mol. The second kappa shape index (κ2) is 7.64. The molecule has 0 N–H and O–H groups in total. The number of nitrogens with zero attached hydrogens (tertiary/aromatic N) is 2. The van der Waals surface area contributed by atoms with Crippen LogP contribution in [-0.2, 0) is 10.0 Å². The Kier molecular flexibility index (Phi) is 5.78. The zero-order valence-corrected chi connectivity index (χ0v) is 15.9. The van der Waals surface area contributed by atoms with E-state index in [0.717, 1.165) is 25.9 Å². The molecule has 2 aliphatic heterocycles. The van der Waals surface area contributed by atoms with Gasteiger partial charge in [-0.25, -0.2) is 8.42 Å². The van der Waals surface area contributed by atoms with Crippen LogP contribution in [0.15, 0.2) is 33.6 Å². The number of hydrogen-bond acceptors (Lipinski definition) is 3. The van der Waals surface area contributed by atoms with Gasteiger partial charge in [0.2, 0.25) is 10.0 Å². The molecule has 0 spiro atoms. The minimum absolute atomic E-state index is 0.374. The van der Waals surface area contributed by atoms with Crippen LogP contribution in [0.2, 0.25) is 0 Å². The number of rotatable bonds is 3. The lowest BCUT2D eigenvalue weighted by Crippen LogP contribution is -2.50. The molecular weight excluding hydrogens is 376 g/mol. The predicted octanol–water partition coefficient (Wildman–Crippen LogP) is 3.48. The summed E-state index contributed by atoms with van der Waals surface area (Å²) < 4.78 is 28.3. The first-order valence-corrected chi connectivity index (χ1v) is 10.8. The molecule has 1 unspecified atom stereocenters. The van der Waals surface area contributed by atoms with Gasteiger partial charge in [0.1, 0.15) is 0 Å². The lowest BCUT2D eigenvalue weighted by molar-refractivity contribution is 0.139. The molecule has 0 saturated carbocycles. The van der Waals surface area contributed by atoms with Gasteiger partial charge in [-0.05, 0) is 66.8 Å². The Bertz CT molecular complexity index is 627. The summed E-state index contributed by atoms with van der Waals surface area (Å²) in [6.07, 6.45) is 7.16. The third-order valence-electron chi connectivity index (χ3n) is 4.97. The van der Waals surface area contributed by atoms with Crippen LogP contribution in [0.3, 0.4) is 0 Å². The average Bonchev–Trinajstić information content (AvgIpc) is 2.84. The highest BCUT2D eigenvalue weighted by Gasteiger charge is 2.33. The Morgan fingerprint density at radius 1 is 0.957 bits per heavy atom. The average molecular weight is 401 g/mol. The van der Waals surface area contributed by atoms with Gasteiger partial charge in [-0.2, -0.15) is 4.31 Å². The van der Waals surface area contributed by atoms with Crippen molar-refractivity contribution in [3.05, 3.63) is 28.7 Å². The summed E-state index contributed by atoms with van der Waals surface area (Å²) in [4.78, 5) is 2.91. The van der Waals surface area contributed by atoms with Crippen LogP contribution in [0, 0.1) is 0 Å². The molecule has 0 radical (unpaired) electrons. The van der Waals surface area contributed by atoms with Crippen molar-refractivity contribution in [2.45, 2.75) is 49.5 Å². The fraction of sp³-hybridized carbons (Fsp3) is 0.647. The summed E-state index contributed by atoms with van der Waals surface area (Å²) >= 11 is 3.38. The zero-order valence-electron chi connectivity index (χ0n) is 13.5. The van der Waals surface area contributed by atoms with Crippen LogP contribution in [-0.4, -0.2) is 49.8 Å². The first kappa shape index (κ1) is 17.4. The van der Waals surface area contributed by atoms with E-state index in [4.69, 9.17) is 0 Å². The summed E-state index contributed by atoms with van der Waals surface area (Å²) in [5, 5.41) is 0. The second-order valence-corrected chi connectivity index (χ2v) is 9.30. The fourth-order valence-electron chi connectivity index (χ4n) is 3.69. The normalized spacial score (nSPS) is 25.2. The van der Waals surface area contributed by atoms with Gasteiger partial charge < -0.3 is 0 Å². The highest BCUT2D eigenvalue weighted by atomic mass is 79.9. The van der Waals surface area contributed by atoms with Gasteiger partial charge in [-0.1, -0.05) is 25.0 Å². The molecular formula is C17H25BrN2O2S. The Balaban J connectivity index is 1.76. The third kappa shape index (κ3) is 3.98. The van der Waals surface area contributed by atoms with Gasteiger partial charge in [0.05, 0.1) is 4.90 Å². The molecule has 2 saturated heterocycles. The molecule has 0 aromatic heterocycles. The Morgan fingerprint density at radius 3 is 2.35 bits per heavy atom. The minimum atomic E-state index is -3.41. The maximum Gasteiger partial charge on any atom is 0.244 e. The van der Waals surface area contributed by atoms with Crippen molar-refractivity contribution >= 4 is 26.0 Å². The molecule has 2 heterocycles. The quantitative estimate of drug-likeness (QED) is 0.779. The molecule has 128 valence electrons. The molecule has 1 aromatic carbocycles. The lowest BCUT2D eigenvalue weighted by atomic mass is 10.1. The SMILES string of the molecule is O=S(=O)(c1ccccc1Br)N1CCCC(N2CCCCCC2)C1. The van der Waals surface area contributed by atoms with Crippen molar-refractivity contribution in [1.82, 2.24) is 9.21 Å². The number of benzene rings is 1. The molecule has 6 heteroatoms. The maximum atomic E-state index is 13.0. The van der Waals surface area contributed by atoms with E-state index in [0.29, 0.717) is 28.5 Å². The van der Waals surface area contributed by atoms with Crippen molar-refractivity contribution in [2.75, 3.05) is 26.2 Å². The number of likely N-dealkylation sites (tertiary alicyclic amines) is 1. The number of piperidine rings is 1. The molecule has 0 aliphatic carbocycles. The number of hydrogen-bond donors (Lipinski definition) is 0. The van der Waals surface area contributed by atoms with Crippen molar-refractivity contribution in [3.63, 3.8) is 0 Å². The summed E-state index contributed by atoms with van der Waals surface area (Å²) in [5.41, 5.74) is 0. The molecule has 4 nitrogen and oxygen atoms in total. The zero-order chi connectivity index (χ0) is 16.3. The van der Waals surface area contributed by atoms with Crippen molar-refractivity contribution in [1.29, 1.82) is 0 Å². The molecule has 0 amide bonds. The summed E-state index contributed by atoms with van der Waals surface area (Å²) in [5.74, 6) is 0. The lowest BCUT2D eigenvalue weighted by Gasteiger charge is -2.38. The predicted molar refractivity (Wildman–Crippen MR) is 96.0 cm³/mol. The number of halogens is 1. The van der Waals surface area contributed by atoms with Gasteiger partial charge in [-0.3, -0.25) is 4.90 Å². The van der Waals surface area contributed by atoms with Crippen LogP contribution in [0.5, 0.6) is 0 Å². The van der Waals surface area contributed by atoms with Gasteiger partial charge >= 0.3 is 0 Å². The molecule has 1 aromatic rings. The van der Waals surface area contributed by atoms with Crippen LogP contribution in [0.4, 0.5) is 0 Å². The third-order valence-corrected chi connectivity index (χ3v) is 7.85.